The molecule has 4 heterocycles. The summed E-state index contributed by atoms with van der Waals surface area (Å²) in [5.41, 5.74) is 6.64. The molecule has 1 N–H and O–H groups in total. The van der Waals surface area contributed by atoms with Gasteiger partial charge in [-0.25, -0.2) is 4.98 Å². The number of fused-ring (bicyclic) bond motifs is 1. The van der Waals surface area contributed by atoms with Gasteiger partial charge in [0.15, 0.2) is 0 Å². The van der Waals surface area contributed by atoms with Gasteiger partial charge in [-0.2, -0.15) is 10.2 Å². The first-order chi connectivity index (χ1) is 15.0. The molecule has 0 aromatic carbocycles. The van der Waals surface area contributed by atoms with E-state index in [1.54, 1.807) is 17.1 Å². The zero-order chi connectivity index (χ0) is 22.0. The Hall–Kier alpha value is -3.42. The van der Waals surface area contributed by atoms with Gasteiger partial charge in [-0.05, 0) is 39.3 Å². The van der Waals surface area contributed by atoms with Crippen LogP contribution in [0.5, 0.6) is 5.75 Å². The lowest BCUT2D eigenvalue weighted by Crippen LogP contribution is -2.07. The average Bonchev–Trinajstić information content (AvgIpc) is 3.33. The van der Waals surface area contributed by atoms with E-state index in [9.17, 15) is 0 Å². The molecule has 0 aliphatic heterocycles. The van der Waals surface area contributed by atoms with Gasteiger partial charge in [0.25, 0.3) is 0 Å². The van der Waals surface area contributed by atoms with Gasteiger partial charge in [-0.3, -0.25) is 14.3 Å². The molecule has 0 fully saturated rings. The molecule has 0 atom stereocenters. The Morgan fingerprint density at radius 3 is 2.77 bits per heavy atom. The van der Waals surface area contributed by atoms with E-state index in [1.165, 1.54) is 0 Å². The van der Waals surface area contributed by atoms with E-state index >= 15 is 0 Å². The van der Waals surface area contributed by atoms with Crippen LogP contribution in [0.15, 0.2) is 36.9 Å². The molecule has 8 heteroatoms. The first-order valence-corrected chi connectivity index (χ1v) is 10.7. The summed E-state index contributed by atoms with van der Waals surface area (Å²) in [6.45, 7) is 9.64. The number of hydrogen-bond donors (Lipinski definition) is 1. The summed E-state index contributed by atoms with van der Waals surface area (Å²) in [5.74, 6) is 0.739. The fraction of sp³-hybridized carbons (Fsp3) is 0.391. The minimum atomic E-state index is 0.215. The molecule has 0 spiro atoms. The fourth-order valence-corrected chi connectivity index (χ4v) is 3.61. The van der Waals surface area contributed by atoms with Crippen LogP contribution in [-0.4, -0.2) is 36.1 Å². The van der Waals surface area contributed by atoms with Gasteiger partial charge in [0.2, 0.25) is 0 Å². The predicted octanol–water partition coefficient (Wildman–Crippen LogP) is 4.52. The summed E-state index contributed by atoms with van der Waals surface area (Å²) in [7, 11) is 1.92. The maximum Gasteiger partial charge on any atom is 0.146 e. The monoisotopic (exact) mass is 419 g/mol. The highest BCUT2D eigenvalue weighted by Gasteiger charge is 2.19. The highest BCUT2D eigenvalue weighted by atomic mass is 16.5. The molecule has 4 aromatic rings. The third-order valence-corrected chi connectivity index (χ3v) is 5.07. The maximum absolute atomic E-state index is 5.94. The molecule has 4 aromatic heterocycles. The molecule has 0 saturated heterocycles. The van der Waals surface area contributed by atoms with Crippen LogP contribution < -0.4 is 10.1 Å². The average molecular weight is 420 g/mol. The summed E-state index contributed by atoms with van der Waals surface area (Å²) in [5, 5.41) is 12.6. The molecule has 0 unspecified atom stereocenters. The Morgan fingerprint density at radius 1 is 1.23 bits per heavy atom. The normalized spacial score (nSPS) is 11.4. The van der Waals surface area contributed by atoms with Crippen molar-refractivity contribution in [1.29, 1.82) is 0 Å². The van der Waals surface area contributed by atoms with Gasteiger partial charge in [-0.1, -0.05) is 6.92 Å². The van der Waals surface area contributed by atoms with Crippen LogP contribution in [0.3, 0.4) is 0 Å². The number of ether oxygens (including phenoxy) is 1. The van der Waals surface area contributed by atoms with E-state index in [4.69, 9.17) is 14.8 Å². The van der Waals surface area contributed by atoms with Crippen LogP contribution in [-0.2, 0) is 13.6 Å². The number of aryl methyl sites for hydroxylation is 2. The van der Waals surface area contributed by atoms with Gasteiger partial charge >= 0.3 is 0 Å². The van der Waals surface area contributed by atoms with Crippen molar-refractivity contribution < 1.29 is 4.74 Å². The second-order valence-electron chi connectivity index (χ2n) is 7.97. The molecular weight excluding hydrogens is 390 g/mol. The minimum absolute atomic E-state index is 0.215. The van der Waals surface area contributed by atoms with E-state index < -0.39 is 0 Å². The quantitative estimate of drug-likeness (QED) is 0.452. The van der Waals surface area contributed by atoms with Crippen LogP contribution in [0, 0.1) is 6.92 Å². The number of hydrogen-bond acceptors (Lipinski definition) is 6. The molecule has 4 rings (SSSR count). The number of aromatic nitrogens is 6. The van der Waals surface area contributed by atoms with Crippen molar-refractivity contribution in [1.82, 2.24) is 29.5 Å². The standard InChI is InChI=1S/C23H29N7O/c1-6-9-31-21-13-24-8-7-18(21)19-10-20(25-11-17-12-26-29(5)14-17)23-22(27-19)16(4)28-30(23)15(2)3/h7-8,10,12-15H,6,9,11H2,1-5H3,(H,25,27). The molecule has 0 bridgehead atoms. The van der Waals surface area contributed by atoms with Crippen molar-refractivity contribution >= 4 is 16.7 Å². The van der Waals surface area contributed by atoms with Gasteiger partial charge in [0.05, 0.1) is 36.1 Å². The smallest absolute Gasteiger partial charge is 0.146 e. The maximum atomic E-state index is 5.94. The van der Waals surface area contributed by atoms with Crippen molar-refractivity contribution in [2.24, 2.45) is 7.05 Å². The Balaban J connectivity index is 1.84. The van der Waals surface area contributed by atoms with Crippen LogP contribution in [0.25, 0.3) is 22.3 Å². The summed E-state index contributed by atoms with van der Waals surface area (Å²) in [4.78, 5) is 9.23. The zero-order valence-electron chi connectivity index (χ0n) is 18.8. The molecule has 0 aliphatic carbocycles. The van der Waals surface area contributed by atoms with E-state index in [1.807, 2.05) is 37.1 Å². The molecule has 162 valence electrons. The van der Waals surface area contributed by atoms with Crippen molar-refractivity contribution in [3.63, 3.8) is 0 Å². The molecule has 0 amide bonds. The van der Waals surface area contributed by atoms with Crippen LogP contribution in [0.2, 0.25) is 0 Å². The molecule has 0 aliphatic rings. The van der Waals surface area contributed by atoms with Crippen LogP contribution in [0.1, 0.15) is 44.5 Å². The second kappa shape index (κ2) is 8.75. The fourth-order valence-electron chi connectivity index (χ4n) is 3.61. The largest absolute Gasteiger partial charge is 0.491 e. The minimum Gasteiger partial charge on any atom is -0.491 e. The summed E-state index contributed by atoms with van der Waals surface area (Å²) in [6.07, 6.45) is 8.34. The lowest BCUT2D eigenvalue weighted by atomic mass is 10.1. The number of nitrogens with zero attached hydrogens (tertiary/aromatic N) is 6. The van der Waals surface area contributed by atoms with E-state index in [2.05, 4.69) is 42.2 Å². The van der Waals surface area contributed by atoms with Crippen molar-refractivity contribution in [3.05, 3.63) is 48.2 Å². The van der Waals surface area contributed by atoms with Crippen molar-refractivity contribution in [3.8, 4) is 17.0 Å². The highest BCUT2D eigenvalue weighted by molar-refractivity contribution is 5.93. The third-order valence-electron chi connectivity index (χ3n) is 5.07. The second-order valence-corrected chi connectivity index (χ2v) is 7.97. The summed E-state index contributed by atoms with van der Waals surface area (Å²) >= 11 is 0. The Morgan fingerprint density at radius 2 is 2.06 bits per heavy atom. The predicted molar refractivity (Wildman–Crippen MR) is 122 cm³/mol. The van der Waals surface area contributed by atoms with Crippen molar-refractivity contribution in [2.45, 2.75) is 46.7 Å². The molecular formula is C23H29N7O. The van der Waals surface area contributed by atoms with Gasteiger partial charge in [-0.15, -0.1) is 0 Å². The zero-order valence-corrected chi connectivity index (χ0v) is 18.8. The lowest BCUT2D eigenvalue weighted by molar-refractivity contribution is 0.317. The number of pyridine rings is 2. The highest BCUT2D eigenvalue weighted by Crippen LogP contribution is 2.35. The van der Waals surface area contributed by atoms with Crippen molar-refractivity contribution in [2.75, 3.05) is 11.9 Å². The first-order valence-electron chi connectivity index (χ1n) is 10.7. The van der Waals surface area contributed by atoms with E-state index in [-0.39, 0.29) is 6.04 Å². The third kappa shape index (κ3) is 4.23. The molecule has 0 radical (unpaired) electrons. The van der Waals surface area contributed by atoms with Gasteiger partial charge in [0.1, 0.15) is 16.8 Å². The number of anilines is 1. The first kappa shape index (κ1) is 20.8. The summed E-state index contributed by atoms with van der Waals surface area (Å²) < 4.78 is 9.79. The molecule has 0 saturated carbocycles. The molecule has 31 heavy (non-hydrogen) atoms. The van der Waals surface area contributed by atoms with E-state index in [0.717, 1.165) is 51.4 Å². The Labute approximate surface area is 182 Å². The Kier molecular flexibility index (Phi) is 5.88. The van der Waals surface area contributed by atoms with Gasteiger partial charge < -0.3 is 10.1 Å². The number of nitrogens with one attached hydrogen (secondary N) is 1. The number of rotatable bonds is 8. The van der Waals surface area contributed by atoms with E-state index in [0.29, 0.717) is 13.2 Å². The molecule has 8 nitrogen and oxygen atoms in total. The Bertz CT molecular complexity index is 1190. The van der Waals surface area contributed by atoms with Crippen LogP contribution >= 0.6 is 0 Å². The van der Waals surface area contributed by atoms with Gasteiger partial charge in [0, 0.05) is 43.2 Å². The SMILES string of the molecule is CCCOc1cnccc1-c1cc(NCc2cnn(C)c2)c2c(n1)c(C)nn2C(C)C. The summed E-state index contributed by atoms with van der Waals surface area (Å²) in [6, 6.07) is 4.24. The lowest BCUT2D eigenvalue weighted by Gasteiger charge is -2.15. The topological polar surface area (TPSA) is 82.7 Å². The van der Waals surface area contributed by atoms with Crippen LogP contribution in [0.4, 0.5) is 5.69 Å².